The highest BCUT2D eigenvalue weighted by molar-refractivity contribution is 5.68. The molecule has 2 heteroatoms. The maximum Gasteiger partial charge on any atom is 0.183 e. The molecule has 0 aromatic heterocycles. The zero-order valence-corrected chi connectivity index (χ0v) is 21.2. The number of hydrogen-bond donors (Lipinski definition) is 0. The Morgan fingerprint density at radius 1 is 0.727 bits per heavy atom. The van der Waals surface area contributed by atoms with Gasteiger partial charge in [-0.05, 0) is 73.1 Å². The maximum atomic E-state index is 5.99. The number of rotatable bonds is 9. The molecule has 1 aliphatic carbocycles. The van der Waals surface area contributed by atoms with Gasteiger partial charge in [0, 0.05) is 11.5 Å². The van der Waals surface area contributed by atoms with Gasteiger partial charge in [0.1, 0.15) is 0 Å². The molecule has 0 atom stereocenters. The third kappa shape index (κ3) is 6.49. The van der Waals surface area contributed by atoms with E-state index in [4.69, 9.17) is 9.47 Å². The summed E-state index contributed by atoms with van der Waals surface area (Å²) in [6, 6.07) is 16.0. The first-order valence-corrected chi connectivity index (χ1v) is 13.6. The van der Waals surface area contributed by atoms with Gasteiger partial charge < -0.3 is 9.47 Å². The van der Waals surface area contributed by atoms with Gasteiger partial charge in [-0.2, -0.15) is 0 Å². The van der Waals surface area contributed by atoms with Gasteiger partial charge in [0.05, 0.1) is 13.2 Å². The lowest BCUT2D eigenvalue weighted by atomic mass is 9.76. The second kappa shape index (κ2) is 12.2. The SMILES string of the molecule is CCCCC[C@H]1CC[C@H](c2ccc(-c3ccc(C4OCC(CCC)CO4)cc3)c(C)c2)CC1. The average Bonchev–Trinajstić information content (AvgIpc) is 2.85. The Labute approximate surface area is 202 Å². The van der Waals surface area contributed by atoms with Crippen molar-refractivity contribution in [2.24, 2.45) is 11.8 Å². The van der Waals surface area contributed by atoms with Crippen molar-refractivity contribution in [1.29, 1.82) is 0 Å². The first-order valence-electron chi connectivity index (χ1n) is 13.6. The van der Waals surface area contributed by atoms with Crippen LogP contribution in [0.5, 0.6) is 0 Å². The van der Waals surface area contributed by atoms with Crippen LogP contribution in [-0.2, 0) is 9.47 Å². The molecule has 0 bridgehead atoms. The number of ether oxygens (including phenoxy) is 2. The van der Waals surface area contributed by atoms with Gasteiger partial charge in [-0.25, -0.2) is 0 Å². The summed E-state index contributed by atoms with van der Waals surface area (Å²) < 4.78 is 12.0. The summed E-state index contributed by atoms with van der Waals surface area (Å²) >= 11 is 0. The molecule has 0 radical (unpaired) electrons. The molecule has 0 spiro atoms. The highest BCUT2D eigenvalue weighted by Crippen LogP contribution is 2.39. The van der Waals surface area contributed by atoms with Gasteiger partial charge in [-0.15, -0.1) is 0 Å². The summed E-state index contributed by atoms with van der Waals surface area (Å²) in [6.07, 6.45) is 13.3. The summed E-state index contributed by atoms with van der Waals surface area (Å²) in [6.45, 7) is 8.41. The van der Waals surface area contributed by atoms with Crippen LogP contribution in [0.2, 0.25) is 0 Å². The quantitative estimate of drug-likeness (QED) is 0.356. The fourth-order valence-electron chi connectivity index (χ4n) is 5.86. The molecule has 1 heterocycles. The molecule has 2 nitrogen and oxygen atoms in total. The monoisotopic (exact) mass is 448 g/mol. The largest absolute Gasteiger partial charge is 0.348 e. The van der Waals surface area contributed by atoms with Crippen LogP contribution >= 0.6 is 0 Å². The summed E-state index contributed by atoms with van der Waals surface area (Å²) in [5.74, 6) is 2.27. The first-order chi connectivity index (χ1) is 16.2. The zero-order valence-electron chi connectivity index (χ0n) is 21.2. The predicted octanol–water partition coefficient (Wildman–Crippen LogP) is 8.98. The molecular weight excluding hydrogens is 404 g/mol. The second-order valence-corrected chi connectivity index (χ2v) is 10.6. The topological polar surface area (TPSA) is 18.5 Å². The van der Waals surface area contributed by atoms with E-state index in [9.17, 15) is 0 Å². The number of unbranched alkanes of at least 4 members (excludes halogenated alkanes) is 2. The van der Waals surface area contributed by atoms with Crippen molar-refractivity contribution in [3.63, 3.8) is 0 Å². The second-order valence-electron chi connectivity index (χ2n) is 10.6. The smallest absolute Gasteiger partial charge is 0.183 e. The Hall–Kier alpha value is -1.64. The van der Waals surface area contributed by atoms with E-state index in [0.717, 1.165) is 30.6 Å². The molecule has 1 saturated heterocycles. The molecule has 0 N–H and O–H groups in total. The maximum absolute atomic E-state index is 5.99. The molecule has 2 aromatic rings. The van der Waals surface area contributed by atoms with Gasteiger partial charge >= 0.3 is 0 Å². The number of hydrogen-bond acceptors (Lipinski definition) is 2. The van der Waals surface area contributed by atoms with Crippen molar-refractivity contribution < 1.29 is 9.47 Å². The lowest BCUT2D eigenvalue weighted by molar-refractivity contribution is -0.206. The molecule has 1 saturated carbocycles. The highest BCUT2D eigenvalue weighted by atomic mass is 16.7. The van der Waals surface area contributed by atoms with Crippen LogP contribution in [0.25, 0.3) is 11.1 Å². The predicted molar refractivity (Wildman–Crippen MR) is 138 cm³/mol. The van der Waals surface area contributed by atoms with Gasteiger partial charge in [-0.1, -0.05) is 88.4 Å². The minimum absolute atomic E-state index is 0.215. The van der Waals surface area contributed by atoms with E-state index in [1.54, 1.807) is 5.56 Å². The van der Waals surface area contributed by atoms with Crippen molar-refractivity contribution in [3.8, 4) is 11.1 Å². The fourth-order valence-corrected chi connectivity index (χ4v) is 5.86. The van der Waals surface area contributed by atoms with Crippen LogP contribution in [0.4, 0.5) is 0 Å². The lowest BCUT2D eigenvalue weighted by Gasteiger charge is -2.29. The molecular formula is C31H44O2. The minimum Gasteiger partial charge on any atom is -0.348 e. The van der Waals surface area contributed by atoms with E-state index >= 15 is 0 Å². The molecule has 33 heavy (non-hydrogen) atoms. The van der Waals surface area contributed by atoms with Crippen LogP contribution in [0.1, 0.15) is 107 Å². The van der Waals surface area contributed by atoms with E-state index in [-0.39, 0.29) is 6.29 Å². The fraction of sp³-hybridized carbons (Fsp3) is 0.613. The van der Waals surface area contributed by atoms with Crippen LogP contribution in [0.15, 0.2) is 42.5 Å². The molecule has 180 valence electrons. The van der Waals surface area contributed by atoms with Crippen molar-refractivity contribution in [1.82, 2.24) is 0 Å². The minimum atomic E-state index is -0.215. The Morgan fingerprint density at radius 2 is 1.42 bits per heavy atom. The average molecular weight is 449 g/mol. The lowest BCUT2D eigenvalue weighted by Crippen LogP contribution is -2.26. The van der Waals surface area contributed by atoms with Crippen LogP contribution in [0, 0.1) is 18.8 Å². The van der Waals surface area contributed by atoms with Gasteiger partial charge in [-0.3, -0.25) is 0 Å². The summed E-state index contributed by atoms with van der Waals surface area (Å²) in [7, 11) is 0. The Morgan fingerprint density at radius 3 is 2.06 bits per heavy atom. The molecule has 0 unspecified atom stereocenters. The summed E-state index contributed by atoms with van der Waals surface area (Å²) in [5.41, 5.74) is 6.68. The Kier molecular flexibility index (Phi) is 9.03. The van der Waals surface area contributed by atoms with Crippen molar-refractivity contribution in [3.05, 3.63) is 59.2 Å². The summed E-state index contributed by atoms with van der Waals surface area (Å²) in [4.78, 5) is 0. The molecule has 2 fully saturated rings. The van der Waals surface area contributed by atoms with Crippen LogP contribution < -0.4 is 0 Å². The number of benzene rings is 2. The third-order valence-electron chi connectivity index (χ3n) is 7.94. The van der Waals surface area contributed by atoms with Crippen molar-refractivity contribution >= 4 is 0 Å². The van der Waals surface area contributed by atoms with Crippen LogP contribution in [0.3, 0.4) is 0 Å². The molecule has 0 amide bonds. The van der Waals surface area contributed by atoms with E-state index in [0.29, 0.717) is 5.92 Å². The van der Waals surface area contributed by atoms with E-state index in [2.05, 4.69) is 63.2 Å². The molecule has 1 aliphatic heterocycles. The van der Waals surface area contributed by atoms with Gasteiger partial charge in [0.2, 0.25) is 0 Å². The van der Waals surface area contributed by atoms with E-state index < -0.39 is 0 Å². The highest BCUT2D eigenvalue weighted by Gasteiger charge is 2.24. The molecule has 2 aliphatic rings. The van der Waals surface area contributed by atoms with Gasteiger partial charge in [0.15, 0.2) is 6.29 Å². The Bertz CT molecular complexity index is 840. The van der Waals surface area contributed by atoms with Crippen molar-refractivity contribution in [2.45, 2.75) is 97.2 Å². The van der Waals surface area contributed by atoms with E-state index in [1.165, 1.54) is 80.9 Å². The Balaban J connectivity index is 1.34. The van der Waals surface area contributed by atoms with E-state index in [1.807, 2.05) is 0 Å². The molecule has 4 rings (SSSR count). The third-order valence-corrected chi connectivity index (χ3v) is 7.94. The molecule has 2 aromatic carbocycles. The number of aryl methyl sites for hydroxylation is 1. The van der Waals surface area contributed by atoms with Crippen LogP contribution in [-0.4, -0.2) is 13.2 Å². The van der Waals surface area contributed by atoms with Gasteiger partial charge in [0.25, 0.3) is 0 Å². The zero-order chi connectivity index (χ0) is 23.0. The van der Waals surface area contributed by atoms with Crippen molar-refractivity contribution in [2.75, 3.05) is 13.2 Å². The first kappa shape index (κ1) is 24.5. The standard InChI is InChI=1S/C31H44O2/c1-4-6-7-9-24-10-12-26(13-11-24)29-18-19-30(23(3)20-29)27-14-16-28(17-15-27)31-32-21-25(8-5-2)22-33-31/h14-20,24-26,31H,4-13,21-22H2,1-3H3/t24-,25?,26-,31?. The summed E-state index contributed by atoms with van der Waals surface area (Å²) in [5, 5.41) is 0. The normalized spacial score (nSPS) is 25.8.